The van der Waals surface area contributed by atoms with Crippen molar-refractivity contribution in [2.24, 2.45) is 5.92 Å². The Morgan fingerprint density at radius 1 is 1.38 bits per heavy atom. The zero-order chi connectivity index (χ0) is 16.0. The molecule has 1 aliphatic rings. The average molecular weight is 307 g/mol. The monoisotopic (exact) mass is 307 g/mol. The molecule has 118 valence electrons. The Hall–Kier alpha value is -2.06. The van der Waals surface area contributed by atoms with Gasteiger partial charge in [0.15, 0.2) is 5.78 Å². The molecule has 0 aromatic rings. The Morgan fingerprint density at radius 2 is 2.05 bits per heavy atom. The average Bonchev–Trinajstić information content (AvgIpc) is 2.91. The summed E-state index contributed by atoms with van der Waals surface area (Å²) in [5.74, 6) is -5.00. The number of likely N-dealkylation sites (tertiary alicyclic amines) is 1. The molecule has 1 rings (SSSR count). The number of carboxylic acid groups (broad SMARTS) is 1. The molecule has 1 N–H and O–H groups in total. The van der Waals surface area contributed by atoms with Crippen LogP contribution in [0.3, 0.4) is 0 Å². The second kappa shape index (κ2) is 7.65. The molecule has 1 aliphatic heterocycles. The summed E-state index contributed by atoms with van der Waals surface area (Å²) >= 11 is 0. The van der Waals surface area contributed by atoms with Gasteiger partial charge in [0.2, 0.25) is 12.3 Å². The molecule has 1 unspecified atom stereocenters. The van der Waals surface area contributed by atoms with Gasteiger partial charge in [-0.25, -0.2) is 13.6 Å². The van der Waals surface area contributed by atoms with Gasteiger partial charge in [-0.05, 0) is 12.8 Å². The molecule has 9 heteroatoms. The van der Waals surface area contributed by atoms with Gasteiger partial charge < -0.3 is 14.7 Å². The van der Waals surface area contributed by atoms with Crippen LogP contribution in [-0.4, -0.2) is 59.8 Å². The SMILES string of the molecule is O=COCC(=O)C(CC(=O)N1CCC[C@H]1C(=O)O)C(F)F. The third-order valence-electron chi connectivity index (χ3n) is 3.26. The Labute approximate surface area is 118 Å². The molecule has 2 atom stereocenters. The smallest absolute Gasteiger partial charge is 0.326 e. The summed E-state index contributed by atoms with van der Waals surface area (Å²) in [7, 11) is 0. The van der Waals surface area contributed by atoms with E-state index < -0.39 is 49.1 Å². The van der Waals surface area contributed by atoms with Crippen molar-refractivity contribution in [2.75, 3.05) is 13.2 Å². The van der Waals surface area contributed by atoms with Crippen LogP contribution in [0.15, 0.2) is 0 Å². The van der Waals surface area contributed by atoms with Gasteiger partial charge in [0.05, 0.1) is 5.92 Å². The number of amides is 1. The van der Waals surface area contributed by atoms with E-state index in [-0.39, 0.29) is 19.4 Å². The van der Waals surface area contributed by atoms with Crippen LogP contribution in [0.5, 0.6) is 0 Å². The minimum atomic E-state index is -3.09. The van der Waals surface area contributed by atoms with E-state index in [4.69, 9.17) is 5.11 Å². The van der Waals surface area contributed by atoms with Crippen LogP contribution >= 0.6 is 0 Å². The van der Waals surface area contributed by atoms with Crippen LogP contribution in [0, 0.1) is 5.92 Å². The largest absolute Gasteiger partial charge is 0.480 e. The molecular weight excluding hydrogens is 292 g/mol. The third kappa shape index (κ3) is 4.47. The van der Waals surface area contributed by atoms with Crippen molar-refractivity contribution in [1.29, 1.82) is 0 Å². The van der Waals surface area contributed by atoms with Crippen molar-refractivity contribution in [3.05, 3.63) is 0 Å². The maximum atomic E-state index is 12.8. The summed E-state index contributed by atoms with van der Waals surface area (Å²) in [5, 5.41) is 8.93. The van der Waals surface area contributed by atoms with Crippen molar-refractivity contribution in [2.45, 2.75) is 31.7 Å². The fourth-order valence-corrected chi connectivity index (χ4v) is 2.19. The second-order valence-electron chi connectivity index (χ2n) is 4.60. The summed E-state index contributed by atoms with van der Waals surface area (Å²) in [5.41, 5.74) is 0. The minimum Gasteiger partial charge on any atom is -0.480 e. The predicted molar refractivity (Wildman–Crippen MR) is 63.5 cm³/mol. The van der Waals surface area contributed by atoms with Gasteiger partial charge in [-0.3, -0.25) is 14.4 Å². The van der Waals surface area contributed by atoms with Gasteiger partial charge in [0, 0.05) is 13.0 Å². The van der Waals surface area contributed by atoms with E-state index in [1.165, 1.54) is 0 Å². The molecule has 0 spiro atoms. The van der Waals surface area contributed by atoms with Crippen LogP contribution in [0.25, 0.3) is 0 Å². The molecule has 0 aromatic carbocycles. The predicted octanol–water partition coefficient (Wildman–Crippen LogP) is 0.0755. The Bertz CT molecular complexity index is 428. The fourth-order valence-electron chi connectivity index (χ4n) is 2.19. The normalized spacial score (nSPS) is 19.4. The summed E-state index contributed by atoms with van der Waals surface area (Å²) in [4.78, 5) is 45.3. The number of aliphatic carboxylic acids is 1. The summed E-state index contributed by atoms with van der Waals surface area (Å²) in [6.45, 7) is -0.734. The van der Waals surface area contributed by atoms with Crippen LogP contribution in [0.2, 0.25) is 0 Å². The van der Waals surface area contributed by atoms with Crippen molar-refractivity contribution in [1.82, 2.24) is 4.90 Å². The molecule has 1 amide bonds. The van der Waals surface area contributed by atoms with E-state index in [9.17, 15) is 28.0 Å². The molecule has 0 saturated carbocycles. The summed E-state index contributed by atoms with van der Waals surface area (Å²) in [6.07, 6.45) is -3.18. The van der Waals surface area contributed by atoms with E-state index in [1.54, 1.807) is 0 Å². The van der Waals surface area contributed by atoms with E-state index in [2.05, 4.69) is 4.74 Å². The standard InChI is InChI=1S/C12H15F2NO6/c13-11(14)7(9(17)5-21-6-16)4-10(18)15-3-1-2-8(15)12(19)20/h6-8,11H,1-5H2,(H,19,20)/t7?,8-/m0/s1. The van der Waals surface area contributed by atoms with Crippen LogP contribution in [-0.2, 0) is 23.9 Å². The van der Waals surface area contributed by atoms with E-state index in [0.29, 0.717) is 6.42 Å². The molecule has 21 heavy (non-hydrogen) atoms. The van der Waals surface area contributed by atoms with E-state index >= 15 is 0 Å². The van der Waals surface area contributed by atoms with Gasteiger partial charge in [-0.2, -0.15) is 0 Å². The van der Waals surface area contributed by atoms with Crippen LogP contribution < -0.4 is 0 Å². The zero-order valence-electron chi connectivity index (χ0n) is 11.0. The van der Waals surface area contributed by atoms with Gasteiger partial charge in [0.25, 0.3) is 6.47 Å². The fraction of sp³-hybridized carbons (Fsp3) is 0.667. The zero-order valence-corrected chi connectivity index (χ0v) is 11.0. The quantitative estimate of drug-likeness (QED) is 0.637. The molecule has 7 nitrogen and oxygen atoms in total. The maximum absolute atomic E-state index is 12.8. The highest BCUT2D eigenvalue weighted by atomic mass is 19.3. The first-order valence-electron chi connectivity index (χ1n) is 6.26. The topological polar surface area (TPSA) is 101 Å². The molecule has 0 aromatic heterocycles. The number of rotatable bonds is 8. The number of hydrogen-bond acceptors (Lipinski definition) is 5. The Balaban J connectivity index is 2.70. The van der Waals surface area contributed by atoms with Crippen LogP contribution in [0.1, 0.15) is 19.3 Å². The number of hydrogen-bond donors (Lipinski definition) is 1. The molecule has 0 radical (unpaired) electrons. The second-order valence-corrected chi connectivity index (χ2v) is 4.60. The molecule has 1 fully saturated rings. The van der Waals surface area contributed by atoms with E-state index in [1.807, 2.05) is 0 Å². The highest BCUT2D eigenvalue weighted by molar-refractivity contribution is 5.90. The van der Waals surface area contributed by atoms with Crippen molar-refractivity contribution >= 4 is 24.1 Å². The first-order chi connectivity index (χ1) is 9.88. The Kier molecular flexibility index (Phi) is 6.19. The van der Waals surface area contributed by atoms with Crippen LogP contribution in [0.4, 0.5) is 8.78 Å². The molecule has 1 heterocycles. The molecule has 0 aliphatic carbocycles. The number of carbonyl (C=O) groups excluding carboxylic acids is 3. The first kappa shape index (κ1) is 17.0. The third-order valence-corrected chi connectivity index (χ3v) is 3.26. The van der Waals surface area contributed by atoms with Gasteiger partial charge >= 0.3 is 5.97 Å². The molecule has 0 bridgehead atoms. The van der Waals surface area contributed by atoms with Crippen molar-refractivity contribution < 1.29 is 37.8 Å². The molecular formula is C12H15F2NO6. The summed E-state index contributed by atoms with van der Waals surface area (Å²) in [6, 6.07) is -1.04. The number of nitrogens with zero attached hydrogens (tertiary/aromatic N) is 1. The molecule has 1 saturated heterocycles. The number of ketones is 1. The highest BCUT2D eigenvalue weighted by Crippen LogP contribution is 2.23. The van der Waals surface area contributed by atoms with Crippen molar-refractivity contribution in [3.63, 3.8) is 0 Å². The number of ether oxygens (including phenoxy) is 1. The number of halogens is 2. The van der Waals surface area contributed by atoms with Gasteiger partial charge in [0.1, 0.15) is 12.6 Å². The highest BCUT2D eigenvalue weighted by Gasteiger charge is 2.38. The lowest BCUT2D eigenvalue weighted by Crippen LogP contribution is -2.42. The lowest BCUT2D eigenvalue weighted by Gasteiger charge is -2.23. The van der Waals surface area contributed by atoms with Gasteiger partial charge in [-0.1, -0.05) is 0 Å². The number of Topliss-reactive ketones (excluding diaryl/α,β-unsaturated/α-hetero) is 1. The lowest BCUT2D eigenvalue weighted by atomic mass is 10.00. The first-order valence-corrected chi connectivity index (χ1v) is 6.26. The van der Waals surface area contributed by atoms with E-state index in [0.717, 1.165) is 4.90 Å². The minimum absolute atomic E-state index is 0.0524. The lowest BCUT2D eigenvalue weighted by molar-refractivity contribution is -0.150. The Morgan fingerprint density at radius 3 is 2.57 bits per heavy atom. The number of carbonyl (C=O) groups is 4. The number of alkyl halides is 2. The number of carboxylic acids is 1. The maximum Gasteiger partial charge on any atom is 0.326 e. The van der Waals surface area contributed by atoms with Gasteiger partial charge in [-0.15, -0.1) is 0 Å². The summed E-state index contributed by atoms with van der Waals surface area (Å²) < 4.78 is 29.8. The van der Waals surface area contributed by atoms with Crippen molar-refractivity contribution in [3.8, 4) is 0 Å².